The molecule has 0 heterocycles. The third-order valence-corrected chi connectivity index (χ3v) is 2.73. The summed E-state index contributed by atoms with van der Waals surface area (Å²) in [5.74, 6) is -0.705. The monoisotopic (exact) mass is 222 g/mol. The van der Waals surface area contributed by atoms with Gasteiger partial charge >= 0.3 is 5.97 Å². The predicted molar refractivity (Wildman–Crippen MR) is 53.2 cm³/mol. The van der Waals surface area contributed by atoms with Gasteiger partial charge in [0.05, 0.1) is 0 Å². The molecule has 0 aromatic heterocycles. The first-order valence-electron chi connectivity index (χ1n) is 5.13. The van der Waals surface area contributed by atoms with E-state index in [1.807, 2.05) is 0 Å². The molecule has 0 saturated heterocycles. The molecule has 0 aromatic rings. The maximum atomic E-state index is 13.5. The molecule has 2 nitrogen and oxygen atoms in total. The number of carbonyl (C=O) groups excluding carboxylic acids is 1. The molecule has 1 saturated carbocycles. The van der Waals surface area contributed by atoms with E-state index in [2.05, 4.69) is 0 Å². The SMILES string of the molecule is O=C(CCl)O[C@@H]1CCCCCC[C@H]1F. The second-order valence-corrected chi connectivity index (χ2v) is 3.94. The average Bonchev–Trinajstić information content (AvgIpc) is 2.17. The second kappa shape index (κ2) is 6.23. The fourth-order valence-electron chi connectivity index (χ4n) is 1.74. The molecule has 0 radical (unpaired) electrons. The van der Waals surface area contributed by atoms with E-state index in [-0.39, 0.29) is 5.88 Å². The first-order chi connectivity index (χ1) is 6.74. The molecule has 0 spiro atoms. The smallest absolute Gasteiger partial charge is 0.321 e. The lowest BCUT2D eigenvalue weighted by Crippen LogP contribution is -2.29. The number of alkyl halides is 2. The normalized spacial score (nSPS) is 29.0. The summed E-state index contributed by atoms with van der Waals surface area (Å²) in [5.41, 5.74) is 0. The molecule has 0 N–H and O–H groups in total. The minimum absolute atomic E-state index is 0.191. The molecule has 1 aliphatic carbocycles. The van der Waals surface area contributed by atoms with E-state index in [4.69, 9.17) is 16.3 Å². The number of esters is 1. The van der Waals surface area contributed by atoms with Crippen LogP contribution in [0.25, 0.3) is 0 Å². The van der Waals surface area contributed by atoms with Gasteiger partial charge in [0.2, 0.25) is 0 Å². The van der Waals surface area contributed by atoms with Gasteiger partial charge in [-0.05, 0) is 19.3 Å². The van der Waals surface area contributed by atoms with Crippen LogP contribution in [0.2, 0.25) is 0 Å². The zero-order chi connectivity index (χ0) is 10.4. The molecule has 1 rings (SSSR count). The molecule has 1 fully saturated rings. The van der Waals surface area contributed by atoms with Crippen molar-refractivity contribution < 1.29 is 13.9 Å². The number of halogens is 2. The summed E-state index contributed by atoms with van der Waals surface area (Å²) < 4.78 is 18.4. The number of ether oxygens (including phenoxy) is 1. The van der Waals surface area contributed by atoms with Gasteiger partial charge in [0.1, 0.15) is 18.2 Å². The van der Waals surface area contributed by atoms with Crippen LogP contribution in [-0.4, -0.2) is 24.1 Å². The highest BCUT2D eigenvalue weighted by atomic mass is 35.5. The van der Waals surface area contributed by atoms with Crippen molar-refractivity contribution in [3.8, 4) is 0 Å². The number of hydrogen-bond acceptors (Lipinski definition) is 2. The Kier molecular flexibility index (Phi) is 5.23. The van der Waals surface area contributed by atoms with Crippen molar-refractivity contribution in [2.75, 3.05) is 5.88 Å². The Morgan fingerprint density at radius 2 is 1.93 bits per heavy atom. The van der Waals surface area contributed by atoms with Gasteiger partial charge in [0, 0.05) is 0 Å². The molecule has 2 atom stereocenters. The van der Waals surface area contributed by atoms with Crippen LogP contribution < -0.4 is 0 Å². The van der Waals surface area contributed by atoms with Gasteiger partial charge < -0.3 is 4.74 Å². The van der Waals surface area contributed by atoms with E-state index in [0.29, 0.717) is 12.8 Å². The highest BCUT2D eigenvalue weighted by Gasteiger charge is 2.25. The molecular weight excluding hydrogens is 207 g/mol. The van der Waals surface area contributed by atoms with E-state index >= 15 is 0 Å². The zero-order valence-corrected chi connectivity index (χ0v) is 8.93. The maximum Gasteiger partial charge on any atom is 0.321 e. The third-order valence-electron chi connectivity index (χ3n) is 2.51. The van der Waals surface area contributed by atoms with Gasteiger partial charge in [0.25, 0.3) is 0 Å². The lowest BCUT2D eigenvalue weighted by Gasteiger charge is -2.23. The van der Waals surface area contributed by atoms with Crippen molar-refractivity contribution in [2.45, 2.75) is 50.8 Å². The van der Waals surface area contributed by atoms with Crippen LogP contribution in [0, 0.1) is 0 Å². The number of carbonyl (C=O) groups is 1. The van der Waals surface area contributed by atoms with E-state index in [1.165, 1.54) is 0 Å². The Bertz CT molecular complexity index is 187. The predicted octanol–water partition coefficient (Wildman–Crippen LogP) is 2.83. The molecule has 1 aliphatic rings. The minimum Gasteiger partial charge on any atom is -0.458 e. The van der Waals surface area contributed by atoms with Gasteiger partial charge in [-0.25, -0.2) is 4.39 Å². The van der Waals surface area contributed by atoms with Gasteiger partial charge in [-0.3, -0.25) is 4.79 Å². The molecule has 14 heavy (non-hydrogen) atoms. The van der Waals surface area contributed by atoms with E-state index in [0.717, 1.165) is 25.7 Å². The van der Waals surface area contributed by atoms with Crippen LogP contribution in [0.1, 0.15) is 38.5 Å². The summed E-state index contributed by atoms with van der Waals surface area (Å²) in [7, 11) is 0. The minimum atomic E-state index is -1.01. The lowest BCUT2D eigenvalue weighted by atomic mass is 9.97. The molecule has 82 valence electrons. The molecule has 0 aliphatic heterocycles. The second-order valence-electron chi connectivity index (χ2n) is 3.67. The van der Waals surface area contributed by atoms with Gasteiger partial charge in [-0.15, -0.1) is 11.6 Å². The Labute approximate surface area is 88.8 Å². The molecule has 0 amide bonds. The summed E-state index contributed by atoms with van der Waals surface area (Å²) in [6.45, 7) is 0. The van der Waals surface area contributed by atoms with Crippen LogP contribution >= 0.6 is 11.6 Å². The Morgan fingerprint density at radius 3 is 2.57 bits per heavy atom. The lowest BCUT2D eigenvalue weighted by molar-refractivity contribution is -0.150. The molecule has 0 aromatic carbocycles. The van der Waals surface area contributed by atoms with Crippen molar-refractivity contribution in [1.29, 1.82) is 0 Å². The fourth-order valence-corrected chi connectivity index (χ4v) is 1.80. The first kappa shape index (κ1) is 11.8. The standard InChI is InChI=1S/C10H16ClFO2/c11-7-10(13)14-9-6-4-2-1-3-5-8(9)12/h8-9H,1-7H2/t8-,9-/m1/s1. The highest BCUT2D eigenvalue weighted by Crippen LogP contribution is 2.22. The van der Waals surface area contributed by atoms with Crippen molar-refractivity contribution >= 4 is 17.6 Å². The molecule has 0 bridgehead atoms. The Balaban J connectivity index is 2.40. The summed E-state index contributed by atoms with van der Waals surface area (Å²) in [4.78, 5) is 10.9. The largest absolute Gasteiger partial charge is 0.458 e. The third kappa shape index (κ3) is 3.82. The van der Waals surface area contributed by atoms with Crippen LogP contribution in [0.4, 0.5) is 4.39 Å². The Hall–Kier alpha value is -0.310. The van der Waals surface area contributed by atoms with Gasteiger partial charge in [-0.1, -0.05) is 19.3 Å². The van der Waals surface area contributed by atoms with Crippen LogP contribution in [-0.2, 0) is 9.53 Å². The summed E-state index contributed by atoms with van der Waals surface area (Å²) in [5, 5.41) is 0. The van der Waals surface area contributed by atoms with Crippen molar-refractivity contribution in [2.24, 2.45) is 0 Å². The first-order valence-corrected chi connectivity index (χ1v) is 5.67. The summed E-state index contributed by atoms with van der Waals surface area (Å²) in [6.07, 6.45) is 3.54. The van der Waals surface area contributed by atoms with Gasteiger partial charge in [0.15, 0.2) is 0 Å². The maximum absolute atomic E-state index is 13.5. The fraction of sp³-hybridized carbons (Fsp3) is 0.900. The topological polar surface area (TPSA) is 26.3 Å². The van der Waals surface area contributed by atoms with Crippen LogP contribution in [0.15, 0.2) is 0 Å². The zero-order valence-electron chi connectivity index (χ0n) is 8.18. The van der Waals surface area contributed by atoms with Crippen LogP contribution in [0.5, 0.6) is 0 Å². The van der Waals surface area contributed by atoms with E-state index in [9.17, 15) is 9.18 Å². The van der Waals surface area contributed by atoms with Crippen molar-refractivity contribution in [3.63, 3.8) is 0 Å². The highest BCUT2D eigenvalue weighted by molar-refractivity contribution is 6.26. The average molecular weight is 223 g/mol. The quantitative estimate of drug-likeness (QED) is 0.531. The summed E-state index contributed by atoms with van der Waals surface area (Å²) in [6, 6.07) is 0. The van der Waals surface area contributed by atoms with E-state index in [1.54, 1.807) is 0 Å². The number of hydrogen-bond donors (Lipinski definition) is 0. The molecule has 0 unspecified atom stereocenters. The van der Waals surface area contributed by atoms with E-state index < -0.39 is 18.2 Å². The Morgan fingerprint density at radius 1 is 1.29 bits per heavy atom. The van der Waals surface area contributed by atoms with Crippen molar-refractivity contribution in [3.05, 3.63) is 0 Å². The molecule has 4 heteroatoms. The number of rotatable bonds is 2. The van der Waals surface area contributed by atoms with Crippen molar-refractivity contribution in [1.82, 2.24) is 0 Å². The van der Waals surface area contributed by atoms with Gasteiger partial charge in [-0.2, -0.15) is 0 Å². The summed E-state index contributed by atoms with van der Waals surface area (Å²) >= 11 is 5.29. The molecular formula is C10H16ClFO2. The van der Waals surface area contributed by atoms with Crippen LogP contribution in [0.3, 0.4) is 0 Å².